The van der Waals surface area contributed by atoms with Crippen molar-refractivity contribution in [3.05, 3.63) is 66.2 Å². The van der Waals surface area contributed by atoms with E-state index in [1.165, 1.54) is 37.1 Å². The van der Waals surface area contributed by atoms with E-state index in [4.69, 9.17) is 0 Å². The Morgan fingerprint density at radius 2 is 1.52 bits per heavy atom. The van der Waals surface area contributed by atoms with Crippen LogP contribution < -0.4 is 4.90 Å². The van der Waals surface area contributed by atoms with Gasteiger partial charge >= 0.3 is 0 Å². The normalized spacial score (nSPS) is 31.4. The van der Waals surface area contributed by atoms with E-state index in [-0.39, 0.29) is 5.54 Å². The molecule has 2 fully saturated rings. The van der Waals surface area contributed by atoms with Crippen molar-refractivity contribution >= 4 is 5.69 Å². The predicted octanol–water partition coefficient (Wildman–Crippen LogP) is 4.85. The minimum absolute atomic E-state index is 0.280. The highest BCUT2D eigenvalue weighted by Gasteiger charge is 2.54. The first-order valence-corrected chi connectivity index (χ1v) is 8.18. The van der Waals surface area contributed by atoms with Gasteiger partial charge in [-0.25, -0.2) is 0 Å². The molecule has 1 saturated heterocycles. The molecular weight excluding hydrogens is 254 g/mol. The summed E-state index contributed by atoms with van der Waals surface area (Å²) in [7, 11) is 0. The zero-order valence-corrected chi connectivity index (χ0v) is 12.7. The van der Waals surface area contributed by atoms with Crippen LogP contribution in [0.15, 0.2) is 60.7 Å². The number of fused-ring (bicyclic) bond motifs is 1. The summed E-state index contributed by atoms with van der Waals surface area (Å²) in [6.07, 6.45) is 4.04. The Balaban J connectivity index is 1.75. The van der Waals surface area contributed by atoms with Gasteiger partial charge in [-0.3, -0.25) is 0 Å². The zero-order chi connectivity index (χ0) is 14.3. The number of anilines is 1. The van der Waals surface area contributed by atoms with Crippen LogP contribution in [0.25, 0.3) is 0 Å². The lowest BCUT2D eigenvalue weighted by Gasteiger charge is -2.42. The summed E-state index contributed by atoms with van der Waals surface area (Å²) < 4.78 is 0. The maximum absolute atomic E-state index is 2.68. The summed E-state index contributed by atoms with van der Waals surface area (Å²) in [6.45, 7) is 3.71. The van der Waals surface area contributed by atoms with Crippen molar-refractivity contribution in [3.8, 4) is 0 Å². The van der Waals surface area contributed by atoms with Gasteiger partial charge in [0.05, 0.1) is 0 Å². The van der Waals surface area contributed by atoms with Crippen molar-refractivity contribution in [2.24, 2.45) is 5.92 Å². The molecule has 1 aliphatic heterocycles. The summed E-state index contributed by atoms with van der Waals surface area (Å²) in [5.41, 5.74) is 3.19. The van der Waals surface area contributed by atoms with Crippen LogP contribution in [-0.2, 0) is 0 Å². The Bertz CT molecular complexity index is 553. The van der Waals surface area contributed by atoms with Crippen LogP contribution >= 0.6 is 0 Å². The number of para-hydroxylation sites is 1. The zero-order valence-electron chi connectivity index (χ0n) is 12.7. The molecule has 0 bridgehead atoms. The molecule has 1 unspecified atom stereocenters. The van der Waals surface area contributed by atoms with E-state index in [1.807, 2.05) is 0 Å². The van der Waals surface area contributed by atoms with Gasteiger partial charge in [0.1, 0.15) is 0 Å². The topological polar surface area (TPSA) is 3.24 Å². The van der Waals surface area contributed by atoms with E-state index in [0.717, 1.165) is 5.92 Å². The highest BCUT2D eigenvalue weighted by Crippen LogP contribution is 2.55. The largest absolute Gasteiger partial charge is 0.365 e. The quantitative estimate of drug-likeness (QED) is 0.758. The molecule has 2 aliphatic rings. The first kappa shape index (κ1) is 12.9. The predicted molar refractivity (Wildman–Crippen MR) is 88.7 cm³/mol. The highest BCUT2D eigenvalue weighted by molar-refractivity contribution is 5.53. The van der Waals surface area contributed by atoms with Gasteiger partial charge in [-0.2, -0.15) is 0 Å². The fourth-order valence-corrected chi connectivity index (χ4v) is 4.81. The smallest absolute Gasteiger partial charge is 0.0471 e. The van der Waals surface area contributed by atoms with Crippen LogP contribution in [0.4, 0.5) is 5.69 Å². The summed E-state index contributed by atoms with van der Waals surface area (Å²) in [6, 6.07) is 22.1. The molecule has 4 rings (SSSR count). The average Bonchev–Trinajstić information content (AvgIpc) is 3.03. The van der Waals surface area contributed by atoms with Gasteiger partial charge in [0, 0.05) is 23.7 Å². The molecule has 0 aromatic heterocycles. The van der Waals surface area contributed by atoms with Crippen molar-refractivity contribution in [1.82, 2.24) is 0 Å². The van der Waals surface area contributed by atoms with Crippen LogP contribution in [0.3, 0.4) is 0 Å². The van der Waals surface area contributed by atoms with Gasteiger partial charge in [-0.05, 0) is 49.8 Å². The number of nitrogens with zero attached hydrogens (tertiary/aromatic N) is 1. The maximum Gasteiger partial charge on any atom is 0.0471 e. The van der Waals surface area contributed by atoms with E-state index in [1.54, 1.807) is 0 Å². The Morgan fingerprint density at radius 1 is 0.857 bits per heavy atom. The third kappa shape index (κ3) is 1.91. The summed E-state index contributed by atoms with van der Waals surface area (Å²) in [5, 5.41) is 0. The van der Waals surface area contributed by atoms with Crippen LogP contribution in [-0.4, -0.2) is 12.1 Å². The lowest BCUT2D eigenvalue weighted by Crippen LogP contribution is -2.47. The van der Waals surface area contributed by atoms with E-state index >= 15 is 0 Å². The molecule has 0 amide bonds. The Hall–Kier alpha value is -1.76. The van der Waals surface area contributed by atoms with Crippen LogP contribution in [0.2, 0.25) is 0 Å². The molecule has 0 spiro atoms. The average molecular weight is 277 g/mol. The lowest BCUT2D eigenvalue weighted by molar-refractivity contribution is 0.360. The molecular formula is C20H23N. The second kappa shape index (κ2) is 4.91. The van der Waals surface area contributed by atoms with Crippen LogP contribution in [0.5, 0.6) is 0 Å². The van der Waals surface area contributed by atoms with Crippen molar-refractivity contribution in [2.45, 2.75) is 37.6 Å². The van der Waals surface area contributed by atoms with Gasteiger partial charge in [-0.15, -0.1) is 0 Å². The first-order chi connectivity index (χ1) is 10.3. The van der Waals surface area contributed by atoms with Crippen LogP contribution in [0.1, 0.15) is 37.7 Å². The van der Waals surface area contributed by atoms with E-state index in [2.05, 4.69) is 72.5 Å². The molecule has 1 nitrogen and oxygen atoms in total. The fraction of sp³-hybridized carbons (Fsp3) is 0.400. The monoisotopic (exact) mass is 277 g/mol. The first-order valence-electron chi connectivity index (χ1n) is 8.18. The lowest BCUT2D eigenvalue weighted by atomic mass is 9.79. The Kier molecular flexibility index (Phi) is 3.02. The minimum atomic E-state index is 0.280. The van der Waals surface area contributed by atoms with Gasteiger partial charge in [0.2, 0.25) is 0 Å². The third-order valence-electron chi connectivity index (χ3n) is 5.89. The molecule has 21 heavy (non-hydrogen) atoms. The van der Waals surface area contributed by atoms with E-state index in [0.29, 0.717) is 5.92 Å². The standard InChI is InChI=1S/C20H23N/c1-20-17(12-13-19(20)16-8-4-2-5-9-16)14-15-21(20)18-10-6-3-7-11-18/h2-11,17,19H,12-15H2,1H3/t17?,19-,20-/m0/s1. The number of hydrogen-bond acceptors (Lipinski definition) is 1. The molecule has 1 aliphatic carbocycles. The number of rotatable bonds is 2. The maximum atomic E-state index is 2.68. The van der Waals surface area contributed by atoms with Crippen molar-refractivity contribution in [2.75, 3.05) is 11.4 Å². The molecule has 0 N–H and O–H groups in total. The van der Waals surface area contributed by atoms with Gasteiger partial charge < -0.3 is 4.90 Å². The second-order valence-electron chi connectivity index (χ2n) is 6.74. The molecule has 108 valence electrons. The van der Waals surface area contributed by atoms with Crippen molar-refractivity contribution in [1.29, 1.82) is 0 Å². The minimum Gasteiger partial charge on any atom is -0.365 e. The van der Waals surface area contributed by atoms with Crippen molar-refractivity contribution < 1.29 is 0 Å². The third-order valence-corrected chi connectivity index (χ3v) is 5.89. The Morgan fingerprint density at radius 3 is 2.24 bits per heavy atom. The number of hydrogen-bond donors (Lipinski definition) is 0. The van der Waals surface area contributed by atoms with Crippen LogP contribution in [0, 0.1) is 5.92 Å². The van der Waals surface area contributed by atoms with E-state index in [9.17, 15) is 0 Å². The molecule has 1 saturated carbocycles. The fourth-order valence-electron chi connectivity index (χ4n) is 4.81. The summed E-state index contributed by atoms with van der Waals surface area (Å²) in [5.74, 6) is 1.49. The summed E-state index contributed by atoms with van der Waals surface area (Å²) >= 11 is 0. The molecule has 3 atom stereocenters. The molecule has 1 heterocycles. The molecule has 2 aromatic carbocycles. The SMILES string of the molecule is C[C@]12C(CC[C@H]1c1ccccc1)CCN2c1ccccc1. The molecule has 0 radical (unpaired) electrons. The van der Waals surface area contributed by atoms with Gasteiger partial charge in [0.25, 0.3) is 0 Å². The highest BCUT2D eigenvalue weighted by atomic mass is 15.2. The van der Waals surface area contributed by atoms with Crippen molar-refractivity contribution in [3.63, 3.8) is 0 Å². The summed E-state index contributed by atoms with van der Waals surface area (Å²) in [4.78, 5) is 2.68. The molecule has 1 heteroatoms. The molecule has 2 aromatic rings. The number of benzene rings is 2. The Labute approximate surface area is 127 Å². The van der Waals surface area contributed by atoms with E-state index < -0.39 is 0 Å². The van der Waals surface area contributed by atoms with Gasteiger partial charge in [0.15, 0.2) is 0 Å². The van der Waals surface area contributed by atoms with Gasteiger partial charge in [-0.1, -0.05) is 48.5 Å². The second-order valence-corrected chi connectivity index (χ2v) is 6.74.